The maximum atomic E-state index is 12.6. The molecular weight excluding hydrogens is 288 g/mol. The van der Waals surface area contributed by atoms with Crippen LogP contribution in [0, 0.1) is 6.92 Å². The van der Waals surface area contributed by atoms with Crippen molar-refractivity contribution >= 4 is 17.5 Å². The van der Waals surface area contributed by atoms with Crippen LogP contribution in [0.15, 0.2) is 28.8 Å². The van der Waals surface area contributed by atoms with Gasteiger partial charge < -0.3 is 9.42 Å². The molecule has 0 saturated carbocycles. The van der Waals surface area contributed by atoms with Gasteiger partial charge in [0.25, 0.3) is 5.91 Å². The monoisotopic (exact) mass is 306 g/mol. The number of hydrogen-bond donors (Lipinski definition) is 0. The van der Waals surface area contributed by atoms with Crippen molar-refractivity contribution in [1.82, 2.24) is 10.1 Å². The van der Waals surface area contributed by atoms with Crippen molar-refractivity contribution in [2.24, 2.45) is 0 Å². The van der Waals surface area contributed by atoms with Crippen LogP contribution in [0.4, 0.5) is 0 Å². The van der Waals surface area contributed by atoms with Gasteiger partial charge in [-0.1, -0.05) is 42.7 Å². The van der Waals surface area contributed by atoms with E-state index in [1.807, 2.05) is 38.1 Å². The first kappa shape index (κ1) is 15.6. The summed E-state index contributed by atoms with van der Waals surface area (Å²) in [6, 6.07) is 7.49. The van der Waals surface area contributed by atoms with Gasteiger partial charge in [-0.25, -0.2) is 0 Å². The van der Waals surface area contributed by atoms with Gasteiger partial charge in [0.2, 0.25) is 0 Å². The van der Waals surface area contributed by atoms with Gasteiger partial charge in [0, 0.05) is 24.5 Å². The molecule has 0 unspecified atom stereocenters. The third-order valence-electron chi connectivity index (χ3n) is 3.28. The van der Waals surface area contributed by atoms with E-state index >= 15 is 0 Å². The Morgan fingerprint density at radius 2 is 2.14 bits per heavy atom. The van der Waals surface area contributed by atoms with Crippen LogP contribution in [0.5, 0.6) is 0 Å². The zero-order valence-electron chi connectivity index (χ0n) is 12.7. The van der Waals surface area contributed by atoms with Crippen molar-refractivity contribution in [2.75, 3.05) is 7.05 Å². The Kier molecular flexibility index (Phi) is 4.68. The van der Waals surface area contributed by atoms with Crippen LogP contribution in [0.3, 0.4) is 0 Å². The van der Waals surface area contributed by atoms with Gasteiger partial charge in [0.15, 0.2) is 5.76 Å². The van der Waals surface area contributed by atoms with Crippen molar-refractivity contribution in [2.45, 2.75) is 33.2 Å². The number of carbonyl (C=O) groups is 1. The molecule has 0 N–H and O–H groups in total. The Hall–Kier alpha value is -1.81. The molecule has 0 radical (unpaired) electrons. The average Bonchev–Trinajstić information content (AvgIpc) is 2.80. The number of nitrogens with zero attached hydrogens (tertiary/aromatic N) is 2. The van der Waals surface area contributed by atoms with Crippen molar-refractivity contribution in [1.29, 1.82) is 0 Å². The normalized spacial score (nSPS) is 11.0. The fraction of sp³-hybridized carbons (Fsp3) is 0.375. The Morgan fingerprint density at radius 3 is 2.76 bits per heavy atom. The Morgan fingerprint density at radius 1 is 1.43 bits per heavy atom. The molecule has 112 valence electrons. The number of carbonyl (C=O) groups excluding carboxylic acids is 1. The first-order valence-electron chi connectivity index (χ1n) is 6.86. The number of benzene rings is 1. The molecule has 0 aliphatic heterocycles. The molecule has 0 aliphatic rings. The highest BCUT2D eigenvalue weighted by Crippen LogP contribution is 2.24. The minimum Gasteiger partial charge on any atom is -0.360 e. The minimum atomic E-state index is -0.0857. The lowest BCUT2D eigenvalue weighted by Gasteiger charge is -2.18. The number of halogens is 1. The smallest absolute Gasteiger partial charge is 0.259 e. The van der Waals surface area contributed by atoms with Crippen LogP contribution >= 0.6 is 11.6 Å². The lowest BCUT2D eigenvalue weighted by Crippen LogP contribution is -2.27. The maximum Gasteiger partial charge on any atom is 0.259 e. The van der Waals surface area contributed by atoms with Crippen molar-refractivity contribution in [3.8, 4) is 0 Å². The number of hydrogen-bond acceptors (Lipinski definition) is 3. The summed E-state index contributed by atoms with van der Waals surface area (Å²) in [5, 5.41) is 4.58. The van der Waals surface area contributed by atoms with Gasteiger partial charge in [-0.3, -0.25) is 4.79 Å². The Bertz CT molecular complexity index is 649. The predicted molar refractivity (Wildman–Crippen MR) is 82.6 cm³/mol. The quantitative estimate of drug-likeness (QED) is 0.856. The predicted octanol–water partition coefficient (Wildman–Crippen LogP) is 4.03. The molecule has 0 bridgehead atoms. The molecule has 0 fully saturated rings. The van der Waals surface area contributed by atoms with Crippen LogP contribution in [-0.2, 0) is 6.54 Å². The molecule has 0 atom stereocenters. The van der Waals surface area contributed by atoms with Crippen LogP contribution in [-0.4, -0.2) is 23.0 Å². The molecule has 0 spiro atoms. The van der Waals surface area contributed by atoms with Crippen LogP contribution < -0.4 is 0 Å². The lowest BCUT2D eigenvalue weighted by molar-refractivity contribution is 0.0781. The molecule has 2 aromatic rings. The first-order chi connectivity index (χ1) is 9.90. The van der Waals surface area contributed by atoms with Gasteiger partial charge >= 0.3 is 0 Å². The minimum absolute atomic E-state index is 0.0857. The van der Waals surface area contributed by atoms with Crippen LogP contribution in [0.2, 0.25) is 5.02 Å². The highest BCUT2D eigenvalue weighted by atomic mass is 35.5. The maximum absolute atomic E-state index is 12.6. The molecule has 1 heterocycles. The van der Waals surface area contributed by atoms with Gasteiger partial charge in [-0.05, 0) is 24.6 Å². The number of aryl methyl sites for hydroxylation is 1. The van der Waals surface area contributed by atoms with E-state index in [1.54, 1.807) is 18.9 Å². The first-order valence-corrected chi connectivity index (χ1v) is 7.24. The Balaban J connectivity index is 2.22. The largest absolute Gasteiger partial charge is 0.360 e. The zero-order valence-corrected chi connectivity index (χ0v) is 13.4. The van der Waals surface area contributed by atoms with Gasteiger partial charge in [-0.15, -0.1) is 0 Å². The van der Waals surface area contributed by atoms with Gasteiger partial charge in [0.1, 0.15) is 5.56 Å². The molecule has 4 nitrogen and oxygen atoms in total. The summed E-state index contributed by atoms with van der Waals surface area (Å²) in [4.78, 5) is 14.3. The third kappa shape index (κ3) is 3.45. The van der Waals surface area contributed by atoms with E-state index in [0.717, 1.165) is 5.56 Å². The fourth-order valence-electron chi connectivity index (χ4n) is 2.21. The third-order valence-corrected chi connectivity index (χ3v) is 3.52. The van der Waals surface area contributed by atoms with Crippen LogP contribution in [0.1, 0.15) is 47.1 Å². The summed E-state index contributed by atoms with van der Waals surface area (Å²) in [6.07, 6.45) is 0. The average molecular weight is 307 g/mol. The van der Waals surface area contributed by atoms with Crippen molar-refractivity contribution in [3.63, 3.8) is 0 Å². The molecule has 1 aromatic carbocycles. The van der Waals surface area contributed by atoms with E-state index < -0.39 is 0 Å². The number of amides is 1. The Labute approximate surface area is 129 Å². The van der Waals surface area contributed by atoms with E-state index in [1.165, 1.54) is 0 Å². The van der Waals surface area contributed by atoms with E-state index in [4.69, 9.17) is 16.1 Å². The summed E-state index contributed by atoms with van der Waals surface area (Å²) in [6.45, 7) is 6.23. The van der Waals surface area contributed by atoms with Crippen molar-refractivity contribution in [3.05, 3.63) is 51.9 Å². The number of rotatable bonds is 4. The van der Waals surface area contributed by atoms with Gasteiger partial charge in [0.05, 0.1) is 5.69 Å². The van der Waals surface area contributed by atoms with E-state index in [2.05, 4.69) is 5.16 Å². The van der Waals surface area contributed by atoms with Crippen LogP contribution in [0.25, 0.3) is 0 Å². The zero-order chi connectivity index (χ0) is 15.6. The molecule has 0 aliphatic carbocycles. The lowest BCUT2D eigenvalue weighted by atomic mass is 10.0. The van der Waals surface area contributed by atoms with E-state index in [-0.39, 0.29) is 11.8 Å². The molecule has 0 saturated heterocycles. The molecule has 1 aromatic heterocycles. The molecule has 5 heteroatoms. The topological polar surface area (TPSA) is 46.3 Å². The molecule has 21 heavy (non-hydrogen) atoms. The molecular formula is C16H19ClN2O2. The van der Waals surface area contributed by atoms with E-state index in [0.29, 0.717) is 28.6 Å². The fourth-order valence-corrected chi connectivity index (χ4v) is 2.43. The molecule has 1 amide bonds. The second-order valence-electron chi connectivity index (χ2n) is 5.45. The summed E-state index contributed by atoms with van der Waals surface area (Å²) < 4.78 is 5.28. The second-order valence-corrected chi connectivity index (χ2v) is 5.89. The SMILES string of the molecule is Cc1noc(C(C)C)c1C(=O)N(C)Cc1cccc(Cl)c1. The highest BCUT2D eigenvalue weighted by Gasteiger charge is 2.25. The van der Waals surface area contributed by atoms with Gasteiger partial charge in [-0.2, -0.15) is 0 Å². The summed E-state index contributed by atoms with van der Waals surface area (Å²) in [5.41, 5.74) is 2.18. The summed E-state index contributed by atoms with van der Waals surface area (Å²) in [7, 11) is 1.76. The summed E-state index contributed by atoms with van der Waals surface area (Å²) >= 11 is 5.97. The highest BCUT2D eigenvalue weighted by molar-refractivity contribution is 6.30. The van der Waals surface area contributed by atoms with E-state index in [9.17, 15) is 4.79 Å². The molecule has 2 rings (SSSR count). The summed E-state index contributed by atoms with van der Waals surface area (Å²) in [5.74, 6) is 0.664. The van der Waals surface area contributed by atoms with Crippen molar-refractivity contribution < 1.29 is 9.32 Å². The standard InChI is InChI=1S/C16H19ClN2O2/c1-10(2)15-14(11(3)18-21-15)16(20)19(4)9-12-6-5-7-13(17)8-12/h5-8,10H,9H2,1-4H3. The second kappa shape index (κ2) is 6.31. The number of aromatic nitrogens is 1.